The molecule has 0 radical (unpaired) electrons. The number of halogens is 6. The van der Waals surface area contributed by atoms with Gasteiger partial charge in [-0.25, -0.2) is 13.6 Å². The third-order valence-electron chi connectivity index (χ3n) is 7.08. The standard InChI is InChI=1S/C27H28ClF5N4O3S/c1-13-9-36(10-14(2)34-13)25-17-6-18(27(31,32)33)22(16-7-19(28)21(30)8-20(16)29)24-23(17)37(26(38)35-25)11-15(12-41-24)40-5-4-39-3/h6-8,13-15,34H,4-5,9-12H2,1-3H3/t13-,14+,15-/m0/s1. The molecule has 1 saturated heterocycles. The van der Waals surface area contributed by atoms with Crippen LogP contribution in [-0.4, -0.2) is 66.9 Å². The Balaban J connectivity index is 1.85. The van der Waals surface area contributed by atoms with Crippen molar-refractivity contribution in [2.24, 2.45) is 0 Å². The Hall–Kier alpha value is -2.45. The first-order chi connectivity index (χ1) is 19.4. The number of methoxy groups -OCH3 is 1. The van der Waals surface area contributed by atoms with E-state index < -0.39 is 51.3 Å². The van der Waals surface area contributed by atoms with E-state index in [9.17, 15) is 22.4 Å². The number of alkyl halides is 3. The normalized spacial score (nSPS) is 21.4. The second kappa shape index (κ2) is 11.7. The lowest BCUT2D eigenvalue weighted by Crippen LogP contribution is -2.55. The Bertz CT molecular complexity index is 1530. The van der Waals surface area contributed by atoms with E-state index in [4.69, 9.17) is 21.1 Å². The number of aromatic nitrogens is 2. The molecule has 2 aliphatic rings. The van der Waals surface area contributed by atoms with Gasteiger partial charge in [0.1, 0.15) is 17.5 Å². The van der Waals surface area contributed by atoms with Crippen LogP contribution in [0.25, 0.3) is 22.0 Å². The van der Waals surface area contributed by atoms with Gasteiger partial charge < -0.3 is 19.7 Å². The van der Waals surface area contributed by atoms with Gasteiger partial charge in [-0.15, -0.1) is 11.8 Å². The molecule has 222 valence electrons. The average molecular weight is 619 g/mol. The molecule has 3 aromatic rings. The quantitative estimate of drug-likeness (QED) is 0.227. The van der Waals surface area contributed by atoms with E-state index in [-0.39, 0.29) is 59.2 Å². The van der Waals surface area contributed by atoms with Gasteiger partial charge in [-0.1, -0.05) is 11.6 Å². The van der Waals surface area contributed by atoms with Gasteiger partial charge >= 0.3 is 11.9 Å². The SMILES string of the molecule is COCCO[C@@H]1CSc2c(-c3cc(Cl)c(F)cc3F)c(C(F)(F)F)cc3c(N4C[C@@H](C)N[C@@H](C)C4)nc(=O)n(c23)C1. The van der Waals surface area contributed by atoms with Crippen molar-refractivity contribution in [3.63, 3.8) is 0 Å². The summed E-state index contributed by atoms with van der Waals surface area (Å²) >= 11 is 6.94. The predicted molar refractivity (Wildman–Crippen MR) is 148 cm³/mol. The summed E-state index contributed by atoms with van der Waals surface area (Å²) in [5.41, 5.74) is -2.66. The number of piperazine rings is 1. The van der Waals surface area contributed by atoms with E-state index >= 15 is 4.39 Å². The molecule has 0 aliphatic carbocycles. The predicted octanol–water partition coefficient (Wildman–Crippen LogP) is 5.34. The Kier molecular flexibility index (Phi) is 8.55. The molecule has 0 bridgehead atoms. The van der Waals surface area contributed by atoms with E-state index in [1.807, 2.05) is 13.8 Å². The van der Waals surface area contributed by atoms with Crippen molar-refractivity contribution in [2.75, 3.05) is 44.1 Å². The van der Waals surface area contributed by atoms with Gasteiger partial charge in [0.05, 0.1) is 42.0 Å². The summed E-state index contributed by atoms with van der Waals surface area (Å²) in [6.45, 7) is 5.17. The van der Waals surface area contributed by atoms with E-state index in [1.54, 1.807) is 4.90 Å². The fourth-order valence-electron chi connectivity index (χ4n) is 5.48. The molecule has 1 fully saturated rings. The average Bonchev–Trinajstić information content (AvgIpc) is 3.08. The minimum atomic E-state index is -4.93. The van der Waals surface area contributed by atoms with Gasteiger partial charge in [-0.2, -0.15) is 18.2 Å². The third kappa shape index (κ3) is 5.92. The maximum absolute atomic E-state index is 15.2. The zero-order chi connectivity index (χ0) is 29.6. The van der Waals surface area contributed by atoms with Crippen molar-refractivity contribution in [2.45, 2.75) is 49.7 Å². The zero-order valence-corrected chi connectivity index (χ0v) is 24.0. The van der Waals surface area contributed by atoms with Crippen LogP contribution in [0.2, 0.25) is 5.02 Å². The molecule has 5 rings (SSSR count). The molecule has 1 aromatic heterocycles. The third-order valence-corrected chi connectivity index (χ3v) is 8.60. The highest BCUT2D eigenvalue weighted by molar-refractivity contribution is 7.99. The maximum Gasteiger partial charge on any atom is 0.417 e. The van der Waals surface area contributed by atoms with Crippen LogP contribution < -0.4 is 15.9 Å². The zero-order valence-electron chi connectivity index (χ0n) is 22.4. The molecule has 41 heavy (non-hydrogen) atoms. The minimum Gasteiger partial charge on any atom is -0.382 e. The number of nitrogens with zero attached hydrogens (tertiary/aromatic N) is 3. The molecule has 7 nitrogen and oxygen atoms in total. The van der Waals surface area contributed by atoms with Crippen LogP contribution in [0.1, 0.15) is 19.4 Å². The van der Waals surface area contributed by atoms with Crippen molar-refractivity contribution in [1.29, 1.82) is 0 Å². The van der Waals surface area contributed by atoms with Crippen molar-refractivity contribution >= 4 is 40.1 Å². The Morgan fingerprint density at radius 1 is 1.10 bits per heavy atom. The molecule has 0 amide bonds. The number of nitrogens with one attached hydrogen (secondary N) is 1. The number of anilines is 1. The van der Waals surface area contributed by atoms with Crippen molar-refractivity contribution in [1.82, 2.24) is 14.9 Å². The van der Waals surface area contributed by atoms with E-state index in [0.717, 1.165) is 23.9 Å². The van der Waals surface area contributed by atoms with Crippen molar-refractivity contribution < 1.29 is 31.4 Å². The molecule has 1 N–H and O–H groups in total. The molecular formula is C27H28ClF5N4O3S. The van der Waals surface area contributed by atoms with E-state index in [1.165, 1.54) is 11.7 Å². The Morgan fingerprint density at radius 3 is 2.46 bits per heavy atom. The number of benzene rings is 2. The van der Waals surface area contributed by atoms with Gasteiger partial charge in [-0.3, -0.25) is 4.57 Å². The molecule has 0 unspecified atom stereocenters. The largest absolute Gasteiger partial charge is 0.417 e. The van der Waals surface area contributed by atoms with Crippen molar-refractivity contribution in [3.05, 3.63) is 50.9 Å². The molecular weight excluding hydrogens is 591 g/mol. The van der Waals surface area contributed by atoms with Crippen LogP contribution in [0.15, 0.2) is 27.9 Å². The lowest BCUT2D eigenvalue weighted by atomic mass is 9.95. The molecule has 3 heterocycles. The molecule has 14 heteroatoms. The minimum absolute atomic E-state index is 0.0121. The Labute approximate surface area is 242 Å². The Morgan fingerprint density at radius 2 is 1.80 bits per heavy atom. The second-order valence-corrected chi connectivity index (χ2v) is 11.7. The fraction of sp³-hybridized carbons (Fsp3) is 0.481. The summed E-state index contributed by atoms with van der Waals surface area (Å²) in [6, 6.07) is 2.19. The van der Waals surface area contributed by atoms with Crippen LogP contribution in [0.5, 0.6) is 0 Å². The summed E-state index contributed by atoms with van der Waals surface area (Å²) < 4.78 is 85.8. The summed E-state index contributed by atoms with van der Waals surface area (Å²) in [5, 5.41) is 2.94. The van der Waals surface area contributed by atoms with Gasteiger partial charge in [0.15, 0.2) is 0 Å². The number of hydrogen-bond donors (Lipinski definition) is 1. The lowest BCUT2D eigenvalue weighted by molar-refractivity contribution is -0.137. The number of ether oxygens (including phenoxy) is 2. The summed E-state index contributed by atoms with van der Waals surface area (Å²) in [7, 11) is 1.50. The van der Waals surface area contributed by atoms with Crippen molar-refractivity contribution in [3.8, 4) is 11.1 Å². The highest BCUT2D eigenvalue weighted by Gasteiger charge is 2.39. The highest BCUT2D eigenvalue weighted by atomic mass is 35.5. The summed E-state index contributed by atoms with van der Waals surface area (Å²) in [4.78, 5) is 19.7. The number of rotatable bonds is 6. The highest BCUT2D eigenvalue weighted by Crippen LogP contribution is 2.49. The first kappa shape index (κ1) is 30.0. The van der Waals surface area contributed by atoms with Gasteiger partial charge in [0.25, 0.3) is 0 Å². The van der Waals surface area contributed by atoms with Crippen LogP contribution >= 0.6 is 23.4 Å². The van der Waals surface area contributed by atoms with Gasteiger partial charge in [0, 0.05) is 65.5 Å². The first-order valence-corrected chi connectivity index (χ1v) is 14.3. The topological polar surface area (TPSA) is 68.6 Å². The molecule has 2 aromatic carbocycles. The second-order valence-electron chi connectivity index (χ2n) is 10.3. The van der Waals surface area contributed by atoms with Crippen LogP contribution in [0.3, 0.4) is 0 Å². The smallest absolute Gasteiger partial charge is 0.382 e. The lowest BCUT2D eigenvalue weighted by Gasteiger charge is -2.37. The van der Waals surface area contributed by atoms with E-state index in [2.05, 4.69) is 10.3 Å². The first-order valence-electron chi connectivity index (χ1n) is 13.0. The molecule has 0 saturated carbocycles. The fourth-order valence-corrected chi connectivity index (χ4v) is 6.92. The van der Waals surface area contributed by atoms with Crippen LogP contribution in [0.4, 0.5) is 27.8 Å². The molecule has 3 atom stereocenters. The number of hydrogen-bond acceptors (Lipinski definition) is 7. The van der Waals surface area contributed by atoms with Crippen LogP contribution in [-0.2, 0) is 22.2 Å². The number of thioether (sulfide) groups is 1. The molecule has 2 aliphatic heterocycles. The monoisotopic (exact) mass is 618 g/mol. The van der Waals surface area contributed by atoms with Gasteiger partial charge in [0.2, 0.25) is 0 Å². The summed E-state index contributed by atoms with van der Waals surface area (Å²) in [6.07, 6.45) is -5.52. The maximum atomic E-state index is 15.2. The van der Waals surface area contributed by atoms with Crippen LogP contribution in [0, 0.1) is 11.6 Å². The summed E-state index contributed by atoms with van der Waals surface area (Å²) in [5.74, 6) is -2.03. The van der Waals surface area contributed by atoms with E-state index in [0.29, 0.717) is 19.2 Å². The van der Waals surface area contributed by atoms with Gasteiger partial charge in [-0.05, 0) is 26.0 Å². The molecule has 0 spiro atoms.